The third-order valence-corrected chi connectivity index (χ3v) is 5.57. The Bertz CT molecular complexity index is 1090. The normalized spacial score (nSPS) is 13.0. The number of alkyl carbamates (subject to hydrolysis) is 1. The molecule has 0 bridgehead atoms. The number of hydrogen-bond acceptors (Lipinski definition) is 7. The van der Waals surface area contributed by atoms with Crippen LogP contribution in [0.1, 0.15) is 38.3 Å². The van der Waals surface area contributed by atoms with E-state index in [0.29, 0.717) is 5.56 Å². The number of esters is 1. The number of carbonyl (C=O) groups excluding carboxylic acids is 5. The molecule has 0 saturated carbocycles. The number of benzene rings is 2. The molecule has 3 N–H and O–H groups in total. The standard InChI is InChI=1S/C28H35N3O7/c1-18(2)15-23(31-28(36)38-17-21-13-9-6-10-14-21)25(33)30-22(16-20-11-7-5-8-12-20)24(32)26(34)29-19(3)27(35)37-4/h5-14,18-19,22-23H,15-17H2,1-4H3,(H,29,34)(H,30,33)(H,31,36)/t19-,22+,23-/m0/s1. The number of hydrogen-bond donors (Lipinski definition) is 3. The molecule has 2 aromatic carbocycles. The van der Waals surface area contributed by atoms with E-state index in [-0.39, 0.29) is 25.4 Å². The van der Waals surface area contributed by atoms with E-state index in [0.717, 1.165) is 12.7 Å². The van der Waals surface area contributed by atoms with Crippen molar-refractivity contribution in [3.63, 3.8) is 0 Å². The Morgan fingerprint density at radius 1 is 0.763 bits per heavy atom. The van der Waals surface area contributed by atoms with E-state index in [1.165, 1.54) is 6.92 Å². The predicted molar refractivity (Wildman–Crippen MR) is 140 cm³/mol. The number of carbonyl (C=O) groups is 5. The highest BCUT2D eigenvalue weighted by Gasteiger charge is 2.32. The Morgan fingerprint density at radius 3 is 1.89 bits per heavy atom. The van der Waals surface area contributed by atoms with Crippen LogP contribution < -0.4 is 16.0 Å². The minimum Gasteiger partial charge on any atom is -0.467 e. The van der Waals surface area contributed by atoms with Gasteiger partial charge in [-0.3, -0.25) is 14.4 Å². The molecule has 38 heavy (non-hydrogen) atoms. The lowest BCUT2D eigenvalue weighted by molar-refractivity contribution is -0.146. The molecular formula is C28H35N3O7. The Kier molecular flexibility index (Phi) is 12.0. The fourth-order valence-electron chi connectivity index (χ4n) is 3.60. The zero-order valence-electron chi connectivity index (χ0n) is 22.1. The van der Waals surface area contributed by atoms with Gasteiger partial charge in [0.1, 0.15) is 24.7 Å². The maximum Gasteiger partial charge on any atom is 0.408 e. The van der Waals surface area contributed by atoms with Gasteiger partial charge in [-0.05, 0) is 30.4 Å². The van der Waals surface area contributed by atoms with Gasteiger partial charge in [-0.2, -0.15) is 0 Å². The lowest BCUT2D eigenvalue weighted by Crippen LogP contribution is -2.55. The number of Topliss-reactive ketones (excluding diaryl/α,β-unsaturated/α-hetero) is 1. The van der Waals surface area contributed by atoms with Crippen LogP contribution in [0.15, 0.2) is 60.7 Å². The third-order valence-electron chi connectivity index (χ3n) is 5.57. The van der Waals surface area contributed by atoms with Gasteiger partial charge in [-0.25, -0.2) is 9.59 Å². The first kappa shape index (κ1) is 30.0. The Morgan fingerprint density at radius 2 is 1.34 bits per heavy atom. The Hall–Kier alpha value is -4.21. The van der Waals surface area contributed by atoms with Crippen molar-refractivity contribution in [1.29, 1.82) is 0 Å². The van der Waals surface area contributed by atoms with Crippen LogP contribution in [0.25, 0.3) is 0 Å². The van der Waals surface area contributed by atoms with Crippen molar-refractivity contribution in [1.82, 2.24) is 16.0 Å². The smallest absolute Gasteiger partial charge is 0.408 e. The van der Waals surface area contributed by atoms with Crippen molar-refractivity contribution in [3.8, 4) is 0 Å². The quantitative estimate of drug-likeness (QED) is 0.269. The van der Waals surface area contributed by atoms with E-state index in [1.807, 2.05) is 32.0 Å². The molecule has 0 fully saturated rings. The van der Waals surface area contributed by atoms with Gasteiger partial charge in [0.15, 0.2) is 0 Å². The van der Waals surface area contributed by atoms with Crippen LogP contribution in [0.5, 0.6) is 0 Å². The SMILES string of the molecule is COC(=O)[C@H](C)NC(=O)C(=O)[C@@H](Cc1ccccc1)NC(=O)[C@H](CC(C)C)NC(=O)OCc1ccccc1. The summed E-state index contributed by atoms with van der Waals surface area (Å²) in [7, 11) is 1.16. The molecule has 0 aliphatic carbocycles. The maximum absolute atomic E-state index is 13.3. The molecule has 2 rings (SSSR count). The first-order chi connectivity index (χ1) is 18.1. The van der Waals surface area contributed by atoms with E-state index in [9.17, 15) is 24.0 Å². The molecule has 10 heteroatoms. The van der Waals surface area contributed by atoms with E-state index in [4.69, 9.17) is 4.74 Å². The number of ether oxygens (including phenoxy) is 2. The van der Waals surface area contributed by atoms with E-state index in [1.54, 1.807) is 42.5 Å². The number of amides is 3. The van der Waals surface area contributed by atoms with Crippen molar-refractivity contribution in [2.45, 2.75) is 58.3 Å². The van der Waals surface area contributed by atoms with Crippen LogP contribution in [-0.2, 0) is 41.7 Å². The molecule has 3 amide bonds. The topological polar surface area (TPSA) is 140 Å². The molecule has 10 nitrogen and oxygen atoms in total. The van der Waals surface area contributed by atoms with Crippen molar-refractivity contribution >= 4 is 29.7 Å². The molecule has 0 saturated heterocycles. The summed E-state index contributed by atoms with van der Waals surface area (Å²) in [4.78, 5) is 63.1. The van der Waals surface area contributed by atoms with E-state index in [2.05, 4.69) is 20.7 Å². The average Bonchev–Trinajstić information content (AvgIpc) is 2.91. The van der Waals surface area contributed by atoms with Gasteiger partial charge >= 0.3 is 12.1 Å². The molecule has 3 atom stereocenters. The summed E-state index contributed by atoms with van der Waals surface area (Å²) in [6, 6.07) is 14.6. The number of methoxy groups -OCH3 is 1. The maximum atomic E-state index is 13.3. The van der Waals surface area contributed by atoms with Gasteiger partial charge in [-0.15, -0.1) is 0 Å². The summed E-state index contributed by atoms with van der Waals surface area (Å²) in [6.07, 6.45) is -0.493. The molecular weight excluding hydrogens is 490 g/mol. The fraction of sp³-hybridized carbons (Fsp3) is 0.393. The summed E-state index contributed by atoms with van der Waals surface area (Å²) in [5.74, 6) is -3.32. The second kappa shape index (κ2) is 15.1. The summed E-state index contributed by atoms with van der Waals surface area (Å²) in [5, 5.41) is 7.47. The second-order valence-electron chi connectivity index (χ2n) is 9.22. The minimum atomic E-state index is -1.24. The molecule has 2 aromatic rings. The van der Waals surface area contributed by atoms with Crippen LogP contribution in [0.2, 0.25) is 0 Å². The van der Waals surface area contributed by atoms with Crippen molar-refractivity contribution in [2.24, 2.45) is 5.92 Å². The molecule has 0 unspecified atom stereocenters. The van der Waals surface area contributed by atoms with Crippen LogP contribution >= 0.6 is 0 Å². The van der Waals surface area contributed by atoms with Gasteiger partial charge in [-0.1, -0.05) is 74.5 Å². The van der Waals surface area contributed by atoms with Crippen LogP contribution in [0.4, 0.5) is 4.79 Å². The molecule has 0 aliphatic heterocycles. The van der Waals surface area contributed by atoms with Gasteiger partial charge in [0.25, 0.3) is 5.91 Å². The highest BCUT2D eigenvalue weighted by molar-refractivity contribution is 6.38. The summed E-state index contributed by atoms with van der Waals surface area (Å²) >= 11 is 0. The molecule has 204 valence electrons. The van der Waals surface area contributed by atoms with Gasteiger partial charge < -0.3 is 25.4 Å². The number of nitrogens with one attached hydrogen (secondary N) is 3. The first-order valence-electron chi connectivity index (χ1n) is 12.3. The van der Waals surface area contributed by atoms with Crippen molar-refractivity contribution < 1.29 is 33.4 Å². The van der Waals surface area contributed by atoms with Gasteiger partial charge in [0, 0.05) is 6.42 Å². The molecule has 0 heterocycles. The largest absolute Gasteiger partial charge is 0.467 e. The fourth-order valence-corrected chi connectivity index (χ4v) is 3.60. The number of rotatable bonds is 13. The zero-order chi connectivity index (χ0) is 28.1. The monoisotopic (exact) mass is 525 g/mol. The first-order valence-corrected chi connectivity index (χ1v) is 12.3. The summed E-state index contributed by atoms with van der Waals surface area (Å²) in [5.41, 5.74) is 1.49. The van der Waals surface area contributed by atoms with Gasteiger partial charge in [0.05, 0.1) is 7.11 Å². The lowest BCUT2D eigenvalue weighted by atomic mass is 9.99. The Labute approximate surface area is 222 Å². The van der Waals surface area contributed by atoms with Crippen LogP contribution in [0, 0.1) is 5.92 Å². The molecule has 0 aromatic heterocycles. The Balaban J connectivity index is 2.15. The van der Waals surface area contributed by atoms with E-state index >= 15 is 0 Å². The zero-order valence-corrected chi connectivity index (χ0v) is 22.1. The third kappa shape index (κ3) is 10.0. The van der Waals surface area contributed by atoms with Crippen LogP contribution in [0.3, 0.4) is 0 Å². The summed E-state index contributed by atoms with van der Waals surface area (Å²) < 4.78 is 9.83. The van der Waals surface area contributed by atoms with Crippen LogP contribution in [-0.4, -0.2) is 54.9 Å². The highest BCUT2D eigenvalue weighted by atomic mass is 16.5. The highest BCUT2D eigenvalue weighted by Crippen LogP contribution is 2.10. The van der Waals surface area contributed by atoms with Crippen molar-refractivity contribution in [2.75, 3.05) is 7.11 Å². The van der Waals surface area contributed by atoms with E-state index < -0.39 is 47.8 Å². The van der Waals surface area contributed by atoms with Crippen molar-refractivity contribution in [3.05, 3.63) is 71.8 Å². The molecule has 0 aliphatic rings. The second-order valence-corrected chi connectivity index (χ2v) is 9.22. The molecule has 0 spiro atoms. The summed E-state index contributed by atoms with van der Waals surface area (Å²) in [6.45, 7) is 5.17. The minimum absolute atomic E-state index is 0.0210. The average molecular weight is 526 g/mol. The molecule has 0 radical (unpaired) electrons. The van der Waals surface area contributed by atoms with Gasteiger partial charge in [0.2, 0.25) is 11.7 Å². The predicted octanol–water partition coefficient (Wildman–Crippen LogP) is 2.30. The number of ketones is 1. The lowest BCUT2D eigenvalue weighted by Gasteiger charge is -2.24.